The monoisotopic (exact) mass is 354 g/mol. The molecule has 1 aromatic heterocycles. The Kier molecular flexibility index (Phi) is 4.35. The van der Waals surface area contributed by atoms with Crippen molar-refractivity contribution in [3.05, 3.63) is 35.5 Å². The first-order chi connectivity index (χ1) is 12.5. The van der Waals surface area contributed by atoms with Gasteiger partial charge in [-0.15, -0.1) is 0 Å². The maximum atomic E-state index is 13.3. The highest BCUT2D eigenvalue weighted by Crippen LogP contribution is 2.40. The largest absolute Gasteiger partial charge is 0.497 e. The number of aliphatic hydroxyl groups is 1. The Hall–Kier alpha value is -2.14. The Morgan fingerprint density at radius 1 is 1.31 bits per heavy atom. The van der Waals surface area contributed by atoms with Gasteiger partial charge in [0.25, 0.3) is 5.91 Å². The van der Waals surface area contributed by atoms with Gasteiger partial charge < -0.3 is 14.7 Å². The Bertz CT molecular complexity index is 851. The molecular weight excluding hydrogens is 328 g/mol. The highest BCUT2D eigenvalue weighted by molar-refractivity contribution is 6.06. The van der Waals surface area contributed by atoms with Crippen molar-refractivity contribution in [2.24, 2.45) is 5.92 Å². The van der Waals surface area contributed by atoms with Gasteiger partial charge in [-0.25, -0.2) is 0 Å². The molecule has 1 saturated carbocycles. The maximum absolute atomic E-state index is 13.3. The van der Waals surface area contributed by atoms with Crippen molar-refractivity contribution < 1.29 is 14.6 Å². The number of ether oxygens (including phenoxy) is 1. The van der Waals surface area contributed by atoms with E-state index in [-0.39, 0.29) is 11.8 Å². The van der Waals surface area contributed by atoms with Crippen LogP contribution in [0.15, 0.2) is 24.3 Å². The third-order valence-corrected chi connectivity index (χ3v) is 6.09. The summed E-state index contributed by atoms with van der Waals surface area (Å²) in [6.45, 7) is 3.17. The number of benzene rings is 1. The van der Waals surface area contributed by atoms with Crippen molar-refractivity contribution in [2.45, 2.75) is 44.6 Å². The molecule has 1 aliphatic heterocycles. The van der Waals surface area contributed by atoms with Crippen LogP contribution in [0.5, 0.6) is 5.75 Å². The number of amides is 1. The van der Waals surface area contributed by atoms with Crippen LogP contribution >= 0.6 is 0 Å². The van der Waals surface area contributed by atoms with Gasteiger partial charge in [-0.1, -0.05) is 12.8 Å². The Morgan fingerprint density at radius 2 is 2.15 bits per heavy atom. The summed E-state index contributed by atoms with van der Waals surface area (Å²) in [5, 5.41) is 11.7. The minimum Gasteiger partial charge on any atom is -0.497 e. The number of aryl methyl sites for hydroxylation is 1. The van der Waals surface area contributed by atoms with E-state index < -0.39 is 5.60 Å². The fourth-order valence-electron chi connectivity index (χ4n) is 4.57. The molecule has 0 bridgehead atoms. The smallest absolute Gasteiger partial charge is 0.254 e. The van der Waals surface area contributed by atoms with Gasteiger partial charge in [-0.05, 0) is 44.4 Å². The summed E-state index contributed by atoms with van der Waals surface area (Å²) in [6, 6.07) is 7.52. The average molecular weight is 354 g/mol. The molecule has 2 aliphatic rings. The highest BCUT2D eigenvalue weighted by Gasteiger charge is 2.43. The average Bonchev–Trinajstić information content (AvgIpc) is 2.65. The molecule has 1 N–H and O–H groups in total. The number of carbonyl (C=O) groups excluding carboxylic acids is 1. The number of likely N-dealkylation sites (tertiary alicyclic amines) is 1. The molecule has 2 fully saturated rings. The molecule has 0 spiro atoms. The van der Waals surface area contributed by atoms with Crippen LogP contribution in [0, 0.1) is 12.8 Å². The molecular formula is C21H26N2O3. The normalized spacial score (nSPS) is 25.8. The Morgan fingerprint density at radius 3 is 2.96 bits per heavy atom. The molecule has 0 radical (unpaired) electrons. The van der Waals surface area contributed by atoms with E-state index in [0.717, 1.165) is 48.0 Å². The minimum absolute atomic E-state index is 0.0401. The number of rotatable bonds is 2. The van der Waals surface area contributed by atoms with Crippen LogP contribution < -0.4 is 4.74 Å². The summed E-state index contributed by atoms with van der Waals surface area (Å²) in [5.74, 6) is 0.973. The number of fused-ring (bicyclic) bond motifs is 2. The van der Waals surface area contributed by atoms with E-state index in [1.807, 2.05) is 36.1 Å². The van der Waals surface area contributed by atoms with E-state index in [0.29, 0.717) is 25.1 Å². The Balaban J connectivity index is 1.66. The van der Waals surface area contributed by atoms with E-state index in [9.17, 15) is 9.90 Å². The quantitative estimate of drug-likeness (QED) is 0.899. The summed E-state index contributed by atoms with van der Waals surface area (Å²) >= 11 is 0. The van der Waals surface area contributed by atoms with Crippen LogP contribution in [-0.2, 0) is 0 Å². The van der Waals surface area contributed by atoms with E-state index in [1.165, 1.54) is 0 Å². The topological polar surface area (TPSA) is 62.7 Å². The maximum Gasteiger partial charge on any atom is 0.254 e. The lowest BCUT2D eigenvalue weighted by Crippen LogP contribution is -2.54. The number of carbonyl (C=O) groups is 1. The molecule has 1 saturated heterocycles. The van der Waals surface area contributed by atoms with Gasteiger partial charge in [-0.2, -0.15) is 0 Å². The predicted molar refractivity (Wildman–Crippen MR) is 100 cm³/mol. The summed E-state index contributed by atoms with van der Waals surface area (Å²) in [7, 11) is 1.63. The first-order valence-electron chi connectivity index (χ1n) is 9.47. The second kappa shape index (κ2) is 6.54. The zero-order valence-corrected chi connectivity index (χ0v) is 15.5. The number of methoxy groups -OCH3 is 1. The number of hydrogen-bond donors (Lipinski definition) is 1. The fraction of sp³-hybridized carbons (Fsp3) is 0.524. The lowest BCUT2D eigenvalue weighted by atomic mass is 9.71. The lowest BCUT2D eigenvalue weighted by Gasteiger charge is -2.47. The molecule has 5 heteroatoms. The van der Waals surface area contributed by atoms with Crippen LogP contribution in [0.2, 0.25) is 0 Å². The van der Waals surface area contributed by atoms with E-state index >= 15 is 0 Å². The van der Waals surface area contributed by atoms with Gasteiger partial charge in [0.1, 0.15) is 5.75 Å². The summed E-state index contributed by atoms with van der Waals surface area (Å²) in [4.78, 5) is 19.8. The fourth-order valence-corrected chi connectivity index (χ4v) is 4.57. The van der Waals surface area contributed by atoms with Crippen molar-refractivity contribution >= 4 is 16.8 Å². The van der Waals surface area contributed by atoms with E-state index in [1.54, 1.807) is 7.11 Å². The van der Waals surface area contributed by atoms with Crippen molar-refractivity contribution in [1.29, 1.82) is 0 Å². The van der Waals surface area contributed by atoms with Gasteiger partial charge in [0.2, 0.25) is 0 Å². The zero-order chi connectivity index (χ0) is 18.3. The Labute approximate surface area is 154 Å². The molecule has 2 atom stereocenters. The molecule has 1 aliphatic carbocycles. The summed E-state index contributed by atoms with van der Waals surface area (Å²) in [6.07, 6.45) is 4.80. The number of hydrogen-bond acceptors (Lipinski definition) is 4. The highest BCUT2D eigenvalue weighted by atomic mass is 16.5. The first kappa shape index (κ1) is 17.3. The minimum atomic E-state index is -0.571. The molecule has 0 unspecified atom stereocenters. The molecule has 1 aromatic carbocycles. The van der Waals surface area contributed by atoms with Gasteiger partial charge in [0, 0.05) is 36.2 Å². The van der Waals surface area contributed by atoms with Gasteiger partial charge in [0.05, 0.1) is 23.8 Å². The molecule has 2 heterocycles. The van der Waals surface area contributed by atoms with Crippen LogP contribution in [0.3, 0.4) is 0 Å². The van der Waals surface area contributed by atoms with Crippen molar-refractivity contribution in [1.82, 2.24) is 9.88 Å². The van der Waals surface area contributed by atoms with E-state index in [2.05, 4.69) is 4.98 Å². The molecule has 26 heavy (non-hydrogen) atoms. The van der Waals surface area contributed by atoms with Crippen molar-refractivity contribution in [2.75, 3.05) is 20.2 Å². The van der Waals surface area contributed by atoms with Crippen molar-refractivity contribution in [3.63, 3.8) is 0 Å². The van der Waals surface area contributed by atoms with Crippen LogP contribution in [0.25, 0.3) is 10.9 Å². The van der Waals surface area contributed by atoms with Gasteiger partial charge in [-0.3, -0.25) is 9.78 Å². The third kappa shape index (κ3) is 2.94. The third-order valence-electron chi connectivity index (χ3n) is 6.09. The van der Waals surface area contributed by atoms with Crippen LogP contribution in [-0.4, -0.2) is 46.7 Å². The van der Waals surface area contributed by atoms with Crippen LogP contribution in [0.1, 0.15) is 48.2 Å². The van der Waals surface area contributed by atoms with E-state index in [4.69, 9.17) is 4.74 Å². The second-order valence-corrected chi connectivity index (χ2v) is 7.74. The second-order valence-electron chi connectivity index (χ2n) is 7.74. The molecule has 1 amide bonds. The SMILES string of the molecule is COc1ccc2c(C(=O)N3CC[C@@]4(O)CCCC[C@H]4C3)cc(C)nc2c1. The standard InChI is InChI=1S/C21H26N2O3/c1-14-11-18(17-7-6-16(26-2)12-19(17)22-14)20(24)23-10-9-21(25)8-4-3-5-15(21)13-23/h6-7,11-12,15,25H,3-5,8-10,13H2,1-2H3/t15-,21-/m0/s1. The molecule has 138 valence electrons. The lowest BCUT2D eigenvalue weighted by molar-refractivity contribution is -0.0885. The summed E-state index contributed by atoms with van der Waals surface area (Å²) < 4.78 is 5.29. The number of aromatic nitrogens is 1. The van der Waals surface area contributed by atoms with Gasteiger partial charge in [0.15, 0.2) is 0 Å². The molecule has 4 rings (SSSR count). The zero-order valence-electron chi connectivity index (χ0n) is 15.5. The molecule has 2 aromatic rings. The number of nitrogens with zero attached hydrogens (tertiary/aromatic N) is 2. The van der Waals surface area contributed by atoms with Crippen molar-refractivity contribution in [3.8, 4) is 5.75 Å². The number of piperidine rings is 1. The first-order valence-corrected chi connectivity index (χ1v) is 9.47. The predicted octanol–water partition coefficient (Wildman–Crippen LogP) is 3.32. The summed E-state index contributed by atoms with van der Waals surface area (Å²) in [5.41, 5.74) is 1.72. The van der Waals surface area contributed by atoms with Crippen LogP contribution in [0.4, 0.5) is 0 Å². The van der Waals surface area contributed by atoms with Gasteiger partial charge >= 0.3 is 0 Å². The number of pyridine rings is 1. The molecule has 5 nitrogen and oxygen atoms in total.